The first-order chi connectivity index (χ1) is 8.56. The van der Waals surface area contributed by atoms with Gasteiger partial charge >= 0.3 is 103 Å². The predicted molar refractivity (Wildman–Crippen MR) is 66.5 cm³/mol. The Balaban J connectivity index is -0.00000144. The summed E-state index contributed by atoms with van der Waals surface area (Å²) in [5.74, 6) is 0. The number of phosphoric acid groups is 1. The van der Waals surface area contributed by atoms with Gasteiger partial charge in [-0.1, -0.05) is 64.7 Å². The van der Waals surface area contributed by atoms with E-state index in [0.29, 0.717) is 0 Å². The van der Waals surface area contributed by atoms with Gasteiger partial charge in [-0.25, -0.2) is 9.56 Å². The molecule has 20 heavy (non-hydrogen) atoms. The molecule has 0 aromatic heterocycles. The van der Waals surface area contributed by atoms with Gasteiger partial charge in [0.25, 0.3) is 0 Å². The minimum atomic E-state index is -4.97. The molecule has 0 aliphatic rings. The summed E-state index contributed by atoms with van der Waals surface area (Å²) in [5, 5.41) is 0. The molecule has 0 fully saturated rings. The fraction of sp³-hybridized carbons (Fsp3) is 1.00. The van der Waals surface area contributed by atoms with E-state index in [2.05, 4.69) is 16.5 Å². The first kappa shape index (κ1) is 28.2. The van der Waals surface area contributed by atoms with E-state index in [4.69, 9.17) is 0 Å². The Bertz CT molecular complexity index is 226. The molecule has 0 amide bonds. The molecule has 8 heteroatoms. The van der Waals surface area contributed by atoms with Crippen LogP contribution in [0.4, 0.5) is 0 Å². The van der Waals surface area contributed by atoms with E-state index in [1.54, 1.807) is 0 Å². The second-order valence-corrected chi connectivity index (χ2v) is 5.57. The van der Waals surface area contributed by atoms with Crippen molar-refractivity contribution >= 4 is 7.82 Å². The third-order valence-electron chi connectivity index (χ3n) is 2.73. The van der Waals surface area contributed by atoms with Crippen LogP contribution in [0.2, 0.25) is 0 Å². The Labute approximate surface area is 208 Å². The molecule has 0 saturated heterocycles. The molecule has 0 aliphatic heterocycles. The summed E-state index contributed by atoms with van der Waals surface area (Å²) >= 11 is 0. The van der Waals surface area contributed by atoms with Crippen molar-refractivity contribution in [1.29, 1.82) is 0 Å². The number of rotatable bonds is 13. The summed E-state index contributed by atoms with van der Waals surface area (Å²) in [6.45, 7) is 2.37. The van der Waals surface area contributed by atoms with Gasteiger partial charge in [0.15, 0.2) is 0 Å². The molecule has 0 aromatic carbocycles. The third-order valence-corrected chi connectivity index (χ3v) is 3.01. The van der Waals surface area contributed by atoms with Gasteiger partial charge in [0, 0.05) is 0 Å². The Hall–Kier alpha value is 3.34. The molecule has 0 N–H and O–H groups in total. The number of hydrogen-bond acceptors (Lipinski definition) is 5. The van der Waals surface area contributed by atoms with Crippen LogP contribution in [0, 0.1) is 0 Å². The summed E-state index contributed by atoms with van der Waals surface area (Å²) in [4.78, 5) is 24.4. The average molecular weight is 358 g/mol. The smallest absolute Gasteiger partial charge is 0.788 e. The van der Waals surface area contributed by atoms with Crippen molar-refractivity contribution < 1.29 is 127 Å². The van der Waals surface area contributed by atoms with E-state index in [1.807, 2.05) is 0 Å². The van der Waals surface area contributed by atoms with E-state index in [0.717, 1.165) is 19.3 Å². The fourth-order valence-corrected chi connectivity index (χ4v) is 1.95. The van der Waals surface area contributed by atoms with Crippen LogP contribution >= 0.6 is 7.82 Å². The van der Waals surface area contributed by atoms with E-state index < -0.39 is 7.82 Å². The zero-order chi connectivity index (χ0) is 13.7. The monoisotopic (exact) mass is 358 g/mol. The summed E-state index contributed by atoms with van der Waals surface area (Å²) in [7, 11) is -4.97. The van der Waals surface area contributed by atoms with Crippen LogP contribution in [-0.2, 0) is 14.1 Å². The van der Waals surface area contributed by atoms with Crippen molar-refractivity contribution in [2.24, 2.45) is 0 Å². The third kappa shape index (κ3) is 26.3. The van der Waals surface area contributed by atoms with Crippen molar-refractivity contribution in [3.8, 4) is 0 Å². The van der Waals surface area contributed by atoms with E-state index in [1.165, 1.54) is 44.9 Å². The zero-order valence-electron chi connectivity index (χ0n) is 13.3. The van der Waals surface area contributed by atoms with Gasteiger partial charge in [-0.15, -0.1) is 0 Å². The minimum Gasteiger partial charge on any atom is -0.788 e. The normalized spacial score (nSPS) is 10.8. The van der Waals surface area contributed by atoms with Gasteiger partial charge in [-0.2, -0.15) is 0 Å². The van der Waals surface area contributed by atoms with Crippen LogP contribution in [0.3, 0.4) is 0 Å². The first-order valence-corrected chi connectivity index (χ1v) is 8.35. The molecule has 0 heterocycles. The molecule has 0 atom stereocenters. The molecule has 0 radical (unpaired) electrons. The van der Waals surface area contributed by atoms with Crippen LogP contribution in [0.15, 0.2) is 0 Å². The Morgan fingerprint density at radius 2 is 1.20 bits per heavy atom. The molecule has 0 unspecified atom stereocenters. The van der Waals surface area contributed by atoms with Gasteiger partial charge in [0.1, 0.15) is 7.82 Å². The predicted octanol–water partition coefficient (Wildman–Crippen LogP) is -3.31. The molecule has 5 nitrogen and oxygen atoms in total. The first-order valence-electron chi connectivity index (χ1n) is 6.89. The summed E-state index contributed by atoms with van der Waals surface area (Å²) < 4.78 is 13.7. The second kappa shape index (κ2) is 20.4. The maximum Gasteiger partial charge on any atom is 1.00 e. The maximum atomic E-state index is 10.0. The quantitative estimate of drug-likeness (QED) is 0.113. The van der Waals surface area contributed by atoms with Gasteiger partial charge < -0.3 is 14.4 Å². The van der Waals surface area contributed by atoms with Gasteiger partial charge in [0.05, 0.1) is 6.61 Å². The molecule has 0 aliphatic carbocycles. The SMILES string of the molecule is CCCCCCCCCCCCOOP(=O)([O-])[O-].[K+].[K+]. The number of hydrogen-bond donors (Lipinski definition) is 0. The van der Waals surface area contributed by atoms with Crippen molar-refractivity contribution in [2.45, 2.75) is 71.1 Å². The Kier molecular flexibility index (Phi) is 28.7. The van der Waals surface area contributed by atoms with Crippen molar-refractivity contribution in [3.63, 3.8) is 0 Å². The molecule has 0 spiro atoms. The van der Waals surface area contributed by atoms with Crippen LogP contribution in [0.25, 0.3) is 0 Å². The van der Waals surface area contributed by atoms with E-state index in [-0.39, 0.29) is 109 Å². The summed E-state index contributed by atoms with van der Waals surface area (Å²) in [6.07, 6.45) is 11.8. The fourth-order valence-electron chi connectivity index (χ4n) is 1.75. The topological polar surface area (TPSA) is 81.7 Å². The van der Waals surface area contributed by atoms with Crippen LogP contribution in [0.5, 0.6) is 0 Å². The number of unbranched alkanes of at least 4 members (excludes halogenated alkanes) is 9. The van der Waals surface area contributed by atoms with Crippen LogP contribution < -0.4 is 113 Å². The summed E-state index contributed by atoms with van der Waals surface area (Å²) in [5.41, 5.74) is 0. The van der Waals surface area contributed by atoms with E-state index in [9.17, 15) is 14.4 Å². The Morgan fingerprint density at radius 3 is 1.60 bits per heavy atom. The summed E-state index contributed by atoms with van der Waals surface area (Å²) in [6, 6.07) is 0. The molecular weight excluding hydrogens is 333 g/mol. The molecule has 0 saturated carbocycles. The van der Waals surface area contributed by atoms with Gasteiger partial charge in [-0.05, 0) is 6.42 Å². The second-order valence-electron chi connectivity index (χ2n) is 4.53. The molecule has 0 bridgehead atoms. The molecule has 110 valence electrons. The molecule has 0 aromatic rings. The van der Waals surface area contributed by atoms with E-state index >= 15 is 0 Å². The maximum absolute atomic E-state index is 10.0. The average Bonchev–Trinajstić information content (AvgIpc) is 2.29. The van der Waals surface area contributed by atoms with Crippen molar-refractivity contribution in [3.05, 3.63) is 0 Å². The van der Waals surface area contributed by atoms with Crippen LogP contribution in [-0.4, -0.2) is 6.61 Å². The zero-order valence-corrected chi connectivity index (χ0v) is 20.4. The molecule has 0 rings (SSSR count). The molecular formula is C12H25K2O5P. The van der Waals surface area contributed by atoms with Crippen molar-refractivity contribution in [1.82, 2.24) is 0 Å². The largest absolute Gasteiger partial charge is 1.00 e. The minimum absolute atomic E-state index is 0. The van der Waals surface area contributed by atoms with Gasteiger partial charge in [0.2, 0.25) is 0 Å². The van der Waals surface area contributed by atoms with Gasteiger partial charge in [-0.3, -0.25) is 0 Å². The van der Waals surface area contributed by atoms with Crippen LogP contribution in [0.1, 0.15) is 71.1 Å². The Morgan fingerprint density at radius 1 is 0.800 bits per heavy atom. The van der Waals surface area contributed by atoms with Crippen molar-refractivity contribution in [2.75, 3.05) is 6.61 Å². The standard InChI is InChI=1S/C12H27O5P.2K/c1-2-3-4-5-6-7-8-9-10-11-12-16-17-18(13,14)15;;/h2-12H2,1H3,(H2,13,14,15);;/q;2*+1/p-2.